The van der Waals surface area contributed by atoms with Crippen molar-refractivity contribution < 1.29 is 19.5 Å². The Hall–Kier alpha value is -1.88. The summed E-state index contributed by atoms with van der Waals surface area (Å²) in [7, 11) is 0. The first-order valence-electron chi connectivity index (χ1n) is 6.91. The molecule has 0 aliphatic heterocycles. The summed E-state index contributed by atoms with van der Waals surface area (Å²) >= 11 is 0. The standard InChI is InChI=1S/C16H19NO4/c1-9(18)13-12(20)7-16(3,21)15(10(2)19)14(13)11-5-4-6-17-8-11/h4-6,8,13-15,21H,7H2,1-3H3/t13-,14+,15-,16-/m0/s1. The fraction of sp³-hybridized carbons (Fsp3) is 0.500. The van der Waals surface area contributed by atoms with E-state index in [9.17, 15) is 19.5 Å². The second-order valence-corrected chi connectivity index (χ2v) is 5.99. The van der Waals surface area contributed by atoms with Crippen LogP contribution in [-0.4, -0.2) is 33.0 Å². The van der Waals surface area contributed by atoms with Crippen molar-refractivity contribution >= 4 is 17.3 Å². The molecule has 0 saturated heterocycles. The van der Waals surface area contributed by atoms with Crippen LogP contribution >= 0.6 is 0 Å². The third-order valence-electron chi connectivity index (χ3n) is 4.21. The maximum atomic E-state index is 12.3. The largest absolute Gasteiger partial charge is 0.389 e. The van der Waals surface area contributed by atoms with Crippen LogP contribution in [0.2, 0.25) is 0 Å². The van der Waals surface area contributed by atoms with Gasteiger partial charge < -0.3 is 5.11 Å². The van der Waals surface area contributed by atoms with Crippen LogP contribution in [0.4, 0.5) is 0 Å². The van der Waals surface area contributed by atoms with Gasteiger partial charge in [0.15, 0.2) is 0 Å². The van der Waals surface area contributed by atoms with Gasteiger partial charge in [-0.05, 0) is 32.4 Å². The summed E-state index contributed by atoms with van der Waals surface area (Å²) in [4.78, 5) is 40.3. The van der Waals surface area contributed by atoms with Crippen LogP contribution in [0.5, 0.6) is 0 Å². The minimum absolute atomic E-state index is 0.182. The van der Waals surface area contributed by atoms with Crippen LogP contribution in [0.15, 0.2) is 24.5 Å². The molecule has 1 aliphatic carbocycles. The minimum atomic E-state index is -1.45. The van der Waals surface area contributed by atoms with Gasteiger partial charge in [0.1, 0.15) is 17.3 Å². The molecule has 5 nitrogen and oxygen atoms in total. The number of aliphatic hydroxyl groups is 1. The van der Waals surface area contributed by atoms with E-state index in [1.165, 1.54) is 20.8 Å². The molecule has 0 radical (unpaired) electrons. The monoisotopic (exact) mass is 289 g/mol. The Morgan fingerprint density at radius 2 is 2.00 bits per heavy atom. The lowest BCUT2D eigenvalue weighted by molar-refractivity contribution is -0.151. The van der Waals surface area contributed by atoms with Gasteiger partial charge in [-0.15, -0.1) is 0 Å². The highest BCUT2D eigenvalue weighted by atomic mass is 16.3. The molecule has 2 rings (SSSR count). The normalized spacial score (nSPS) is 32.8. The second kappa shape index (κ2) is 5.48. The molecule has 1 aromatic heterocycles. The maximum absolute atomic E-state index is 12.3. The zero-order valence-electron chi connectivity index (χ0n) is 12.4. The first kappa shape index (κ1) is 15.5. The van der Waals surface area contributed by atoms with E-state index in [0.717, 1.165) is 0 Å². The Balaban J connectivity index is 2.61. The molecule has 0 amide bonds. The van der Waals surface area contributed by atoms with Gasteiger partial charge >= 0.3 is 0 Å². The number of hydrogen-bond donors (Lipinski definition) is 1. The predicted octanol–water partition coefficient (Wildman–Crippen LogP) is 1.30. The number of aromatic nitrogens is 1. The summed E-state index contributed by atoms with van der Waals surface area (Å²) in [5.74, 6) is -3.19. The summed E-state index contributed by atoms with van der Waals surface area (Å²) < 4.78 is 0. The quantitative estimate of drug-likeness (QED) is 0.848. The zero-order valence-corrected chi connectivity index (χ0v) is 12.4. The van der Waals surface area contributed by atoms with Gasteiger partial charge in [-0.2, -0.15) is 0 Å². The topological polar surface area (TPSA) is 84.3 Å². The second-order valence-electron chi connectivity index (χ2n) is 5.99. The first-order chi connectivity index (χ1) is 9.75. The minimum Gasteiger partial charge on any atom is -0.389 e. The van der Waals surface area contributed by atoms with Gasteiger partial charge in [-0.1, -0.05) is 6.07 Å². The molecule has 1 fully saturated rings. The zero-order chi connectivity index (χ0) is 15.8. The van der Waals surface area contributed by atoms with E-state index in [1.807, 2.05) is 0 Å². The van der Waals surface area contributed by atoms with Crippen LogP contribution in [-0.2, 0) is 14.4 Å². The maximum Gasteiger partial charge on any atom is 0.146 e. The smallest absolute Gasteiger partial charge is 0.146 e. The van der Waals surface area contributed by atoms with Crippen LogP contribution < -0.4 is 0 Å². The molecule has 0 unspecified atom stereocenters. The number of hydrogen-bond acceptors (Lipinski definition) is 5. The lowest BCUT2D eigenvalue weighted by Crippen LogP contribution is -2.53. The molecule has 112 valence electrons. The van der Waals surface area contributed by atoms with Gasteiger partial charge in [-0.3, -0.25) is 19.4 Å². The van der Waals surface area contributed by atoms with E-state index in [4.69, 9.17) is 0 Å². The molecule has 1 aromatic rings. The van der Waals surface area contributed by atoms with Crippen molar-refractivity contribution in [2.24, 2.45) is 11.8 Å². The Morgan fingerprint density at radius 3 is 2.48 bits per heavy atom. The van der Waals surface area contributed by atoms with Gasteiger partial charge in [0, 0.05) is 24.7 Å². The molecule has 0 spiro atoms. The highest BCUT2D eigenvalue weighted by Gasteiger charge is 2.53. The van der Waals surface area contributed by atoms with Crippen molar-refractivity contribution in [2.75, 3.05) is 0 Å². The van der Waals surface area contributed by atoms with Crippen molar-refractivity contribution in [1.82, 2.24) is 4.98 Å². The number of rotatable bonds is 3. The van der Waals surface area contributed by atoms with Gasteiger partial charge in [0.05, 0.1) is 17.4 Å². The van der Waals surface area contributed by atoms with Crippen LogP contribution in [0.25, 0.3) is 0 Å². The molecule has 1 heterocycles. The first-order valence-corrected chi connectivity index (χ1v) is 6.91. The van der Waals surface area contributed by atoms with Crippen molar-refractivity contribution in [1.29, 1.82) is 0 Å². The number of pyridine rings is 1. The predicted molar refractivity (Wildman–Crippen MR) is 75.6 cm³/mol. The highest BCUT2D eigenvalue weighted by molar-refractivity contribution is 6.05. The number of ketones is 3. The Labute approximate surface area is 123 Å². The molecule has 4 atom stereocenters. The van der Waals surface area contributed by atoms with Crippen LogP contribution in [0.3, 0.4) is 0 Å². The highest BCUT2D eigenvalue weighted by Crippen LogP contribution is 2.46. The molecule has 0 bridgehead atoms. The Bertz CT molecular complexity index is 579. The number of carbonyl (C=O) groups is 3. The van der Waals surface area contributed by atoms with Gasteiger partial charge in [-0.25, -0.2) is 0 Å². The van der Waals surface area contributed by atoms with Crippen molar-refractivity contribution in [3.8, 4) is 0 Å². The van der Waals surface area contributed by atoms with E-state index < -0.39 is 23.4 Å². The van der Waals surface area contributed by atoms with Crippen molar-refractivity contribution in [3.05, 3.63) is 30.1 Å². The van der Waals surface area contributed by atoms with Crippen molar-refractivity contribution in [2.45, 2.75) is 38.7 Å². The number of nitrogens with zero attached hydrogens (tertiary/aromatic N) is 1. The summed E-state index contributed by atoms with van der Waals surface area (Å²) in [6, 6.07) is 3.43. The summed E-state index contributed by atoms with van der Waals surface area (Å²) in [6.07, 6.45) is 2.95. The molecular weight excluding hydrogens is 270 g/mol. The average molecular weight is 289 g/mol. The molecule has 1 aliphatic rings. The van der Waals surface area contributed by atoms with Crippen LogP contribution in [0.1, 0.15) is 38.7 Å². The third kappa shape index (κ3) is 2.78. The number of Topliss-reactive ketones (excluding diaryl/α,β-unsaturated/α-hetero) is 3. The average Bonchev–Trinajstić information content (AvgIpc) is 2.36. The van der Waals surface area contributed by atoms with Crippen molar-refractivity contribution in [3.63, 3.8) is 0 Å². The molecule has 5 heteroatoms. The summed E-state index contributed by atoms with van der Waals surface area (Å²) in [6.45, 7) is 4.22. The lowest BCUT2D eigenvalue weighted by atomic mass is 9.60. The van der Waals surface area contributed by atoms with E-state index in [0.29, 0.717) is 5.56 Å². The molecular formula is C16H19NO4. The summed E-state index contributed by atoms with van der Waals surface area (Å²) in [5.41, 5.74) is -0.818. The van der Waals surface area contributed by atoms with Gasteiger partial charge in [0.25, 0.3) is 0 Å². The molecule has 21 heavy (non-hydrogen) atoms. The molecule has 0 aromatic carbocycles. The van der Waals surface area contributed by atoms with Gasteiger partial charge in [0.2, 0.25) is 0 Å². The van der Waals surface area contributed by atoms with E-state index >= 15 is 0 Å². The summed E-state index contributed by atoms with van der Waals surface area (Å²) in [5, 5.41) is 10.5. The van der Waals surface area contributed by atoms with E-state index in [1.54, 1.807) is 24.5 Å². The third-order valence-corrected chi connectivity index (χ3v) is 4.21. The number of carbonyl (C=O) groups excluding carboxylic acids is 3. The van der Waals surface area contributed by atoms with E-state index in [-0.39, 0.29) is 23.8 Å². The van der Waals surface area contributed by atoms with E-state index in [2.05, 4.69) is 4.98 Å². The molecule has 1 saturated carbocycles. The fourth-order valence-corrected chi connectivity index (χ4v) is 3.48. The fourth-order valence-electron chi connectivity index (χ4n) is 3.48. The Morgan fingerprint density at radius 1 is 1.33 bits per heavy atom. The van der Waals surface area contributed by atoms with Crippen LogP contribution in [0, 0.1) is 11.8 Å². The SMILES string of the molecule is CC(=O)[C@H]1C(=O)C[C@](C)(O)[C@@H](C(C)=O)[C@@H]1c1cccnc1. The lowest BCUT2D eigenvalue weighted by Gasteiger charge is -2.44. The molecule has 1 N–H and O–H groups in total. The Kier molecular flexibility index (Phi) is 4.05.